The van der Waals surface area contributed by atoms with E-state index < -0.39 is 5.41 Å². The number of carbonyl (C=O) groups is 2. The highest BCUT2D eigenvalue weighted by Crippen LogP contribution is 2.30. The van der Waals surface area contributed by atoms with Crippen molar-refractivity contribution in [2.24, 2.45) is 5.41 Å². The van der Waals surface area contributed by atoms with E-state index in [1.54, 1.807) is 4.90 Å². The number of urea groups is 1. The molecule has 2 N–H and O–H groups in total. The molecule has 154 valence electrons. The summed E-state index contributed by atoms with van der Waals surface area (Å²) in [5, 5.41) is 6.10. The second-order valence-corrected chi connectivity index (χ2v) is 8.44. The SMILES string of the molecule is Cc1ccc(C)c(NC(=O)N2CCCC(C)(C(=O)NCc3ccccc3C)C2)c1. The second-order valence-electron chi connectivity index (χ2n) is 8.44. The number of benzene rings is 2. The number of hydrogen-bond donors (Lipinski definition) is 2. The van der Waals surface area contributed by atoms with Gasteiger partial charge in [0.1, 0.15) is 0 Å². The van der Waals surface area contributed by atoms with Crippen molar-refractivity contribution >= 4 is 17.6 Å². The summed E-state index contributed by atoms with van der Waals surface area (Å²) >= 11 is 0. The number of hydrogen-bond acceptors (Lipinski definition) is 2. The van der Waals surface area contributed by atoms with Crippen molar-refractivity contribution in [3.63, 3.8) is 0 Å². The molecular weight excluding hydrogens is 362 g/mol. The Kier molecular flexibility index (Phi) is 6.26. The molecular formula is C24H31N3O2. The smallest absolute Gasteiger partial charge is 0.321 e. The lowest BCUT2D eigenvalue weighted by Crippen LogP contribution is -2.52. The Morgan fingerprint density at radius 1 is 1.07 bits per heavy atom. The summed E-state index contributed by atoms with van der Waals surface area (Å²) in [7, 11) is 0. The normalized spacial score (nSPS) is 19.0. The Labute approximate surface area is 173 Å². The van der Waals surface area contributed by atoms with E-state index >= 15 is 0 Å². The molecule has 3 rings (SSSR count). The van der Waals surface area contributed by atoms with Gasteiger partial charge in [0.25, 0.3) is 0 Å². The Morgan fingerprint density at radius 2 is 1.83 bits per heavy atom. The van der Waals surface area contributed by atoms with E-state index in [9.17, 15) is 9.59 Å². The molecule has 1 atom stereocenters. The summed E-state index contributed by atoms with van der Waals surface area (Å²) in [6.07, 6.45) is 1.59. The topological polar surface area (TPSA) is 61.4 Å². The van der Waals surface area contributed by atoms with E-state index in [0.29, 0.717) is 19.6 Å². The molecule has 2 aromatic rings. The lowest BCUT2D eigenvalue weighted by molar-refractivity contribution is -0.132. The van der Waals surface area contributed by atoms with Gasteiger partial charge < -0.3 is 15.5 Å². The molecule has 3 amide bonds. The number of likely N-dealkylation sites (tertiary alicyclic amines) is 1. The van der Waals surface area contributed by atoms with E-state index in [4.69, 9.17) is 0 Å². The second kappa shape index (κ2) is 8.68. The van der Waals surface area contributed by atoms with Gasteiger partial charge in [-0.2, -0.15) is 0 Å². The Morgan fingerprint density at radius 3 is 2.59 bits per heavy atom. The fourth-order valence-corrected chi connectivity index (χ4v) is 3.86. The van der Waals surface area contributed by atoms with Crippen LogP contribution in [0, 0.1) is 26.2 Å². The van der Waals surface area contributed by atoms with Gasteiger partial charge in [-0.15, -0.1) is 0 Å². The third-order valence-electron chi connectivity index (χ3n) is 5.87. The molecule has 0 aromatic heterocycles. The van der Waals surface area contributed by atoms with Gasteiger partial charge in [0.15, 0.2) is 0 Å². The zero-order valence-electron chi connectivity index (χ0n) is 17.8. The molecule has 5 heteroatoms. The highest BCUT2D eigenvalue weighted by molar-refractivity contribution is 5.91. The van der Waals surface area contributed by atoms with Crippen LogP contribution in [-0.4, -0.2) is 29.9 Å². The average molecular weight is 394 g/mol. The van der Waals surface area contributed by atoms with Gasteiger partial charge in [-0.25, -0.2) is 4.79 Å². The first-order valence-electron chi connectivity index (χ1n) is 10.2. The molecule has 1 aliphatic heterocycles. The number of carbonyl (C=O) groups excluding carboxylic acids is 2. The minimum Gasteiger partial charge on any atom is -0.351 e. The number of anilines is 1. The summed E-state index contributed by atoms with van der Waals surface area (Å²) in [4.78, 5) is 27.6. The number of amides is 3. The predicted octanol–water partition coefficient (Wildman–Crippen LogP) is 4.56. The van der Waals surface area contributed by atoms with Crippen LogP contribution in [0.5, 0.6) is 0 Å². The van der Waals surface area contributed by atoms with Gasteiger partial charge in [-0.05, 0) is 68.9 Å². The number of rotatable bonds is 4. The maximum absolute atomic E-state index is 13.0. The Balaban J connectivity index is 1.63. The highest BCUT2D eigenvalue weighted by Gasteiger charge is 2.39. The van der Waals surface area contributed by atoms with E-state index in [0.717, 1.165) is 40.8 Å². The van der Waals surface area contributed by atoms with Crippen LogP contribution in [0.1, 0.15) is 42.0 Å². The fourth-order valence-electron chi connectivity index (χ4n) is 3.86. The highest BCUT2D eigenvalue weighted by atomic mass is 16.2. The van der Waals surface area contributed by atoms with Gasteiger partial charge >= 0.3 is 6.03 Å². The number of nitrogens with zero attached hydrogens (tertiary/aromatic N) is 1. The van der Waals surface area contributed by atoms with E-state index in [1.807, 2.05) is 70.2 Å². The van der Waals surface area contributed by atoms with Crippen LogP contribution < -0.4 is 10.6 Å². The van der Waals surface area contributed by atoms with Gasteiger partial charge in [0.2, 0.25) is 5.91 Å². The summed E-state index contributed by atoms with van der Waals surface area (Å²) in [5.41, 5.74) is 4.65. The largest absolute Gasteiger partial charge is 0.351 e. The van der Waals surface area contributed by atoms with Crippen molar-refractivity contribution in [3.05, 3.63) is 64.7 Å². The van der Waals surface area contributed by atoms with Crippen molar-refractivity contribution in [2.45, 2.75) is 47.1 Å². The van der Waals surface area contributed by atoms with Gasteiger partial charge in [-0.1, -0.05) is 36.4 Å². The molecule has 0 radical (unpaired) electrons. The first-order valence-corrected chi connectivity index (χ1v) is 10.2. The molecule has 0 spiro atoms. The molecule has 1 aliphatic rings. The quantitative estimate of drug-likeness (QED) is 0.800. The molecule has 1 unspecified atom stereocenters. The van der Waals surface area contributed by atoms with Crippen molar-refractivity contribution in [1.82, 2.24) is 10.2 Å². The molecule has 0 bridgehead atoms. The fraction of sp³-hybridized carbons (Fsp3) is 0.417. The van der Waals surface area contributed by atoms with Gasteiger partial charge in [0, 0.05) is 25.3 Å². The number of aryl methyl sites for hydroxylation is 3. The summed E-state index contributed by atoms with van der Waals surface area (Å²) < 4.78 is 0. The van der Waals surface area contributed by atoms with E-state index in [-0.39, 0.29) is 11.9 Å². The van der Waals surface area contributed by atoms with Crippen LogP contribution in [0.2, 0.25) is 0 Å². The molecule has 1 fully saturated rings. The number of piperidine rings is 1. The average Bonchev–Trinajstić information content (AvgIpc) is 2.70. The molecule has 1 heterocycles. The zero-order chi connectivity index (χ0) is 21.0. The molecule has 0 saturated carbocycles. The predicted molar refractivity (Wildman–Crippen MR) is 117 cm³/mol. The van der Waals surface area contributed by atoms with Crippen molar-refractivity contribution in [1.29, 1.82) is 0 Å². The van der Waals surface area contributed by atoms with E-state index in [2.05, 4.69) is 10.6 Å². The van der Waals surface area contributed by atoms with Crippen LogP contribution in [-0.2, 0) is 11.3 Å². The third kappa shape index (κ3) is 4.97. The third-order valence-corrected chi connectivity index (χ3v) is 5.87. The van der Waals surface area contributed by atoms with Crippen molar-refractivity contribution in [3.8, 4) is 0 Å². The van der Waals surface area contributed by atoms with Crippen LogP contribution in [0.4, 0.5) is 10.5 Å². The van der Waals surface area contributed by atoms with Crippen LogP contribution in [0.25, 0.3) is 0 Å². The van der Waals surface area contributed by atoms with Crippen molar-refractivity contribution in [2.75, 3.05) is 18.4 Å². The van der Waals surface area contributed by atoms with Crippen LogP contribution in [0.3, 0.4) is 0 Å². The molecule has 2 aromatic carbocycles. The van der Waals surface area contributed by atoms with Crippen LogP contribution in [0.15, 0.2) is 42.5 Å². The molecule has 1 saturated heterocycles. The molecule has 29 heavy (non-hydrogen) atoms. The molecule has 5 nitrogen and oxygen atoms in total. The monoisotopic (exact) mass is 393 g/mol. The van der Waals surface area contributed by atoms with Gasteiger partial charge in [-0.3, -0.25) is 4.79 Å². The van der Waals surface area contributed by atoms with Gasteiger partial charge in [0.05, 0.1) is 5.41 Å². The maximum atomic E-state index is 13.0. The minimum absolute atomic E-state index is 0.00462. The summed E-state index contributed by atoms with van der Waals surface area (Å²) in [6.45, 7) is 9.58. The molecule has 0 aliphatic carbocycles. The number of nitrogens with one attached hydrogen (secondary N) is 2. The lowest BCUT2D eigenvalue weighted by Gasteiger charge is -2.39. The zero-order valence-corrected chi connectivity index (χ0v) is 17.8. The van der Waals surface area contributed by atoms with Crippen LogP contribution >= 0.6 is 0 Å². The summed E-state index contributed by atoms with van der Waals surface area (Å²) in [5.74, 6) is 0.00462. The maximum Gasteiger partial charge on any atom is 0.321 e. The summed E-state index contributed by atoms with van der Waals surface area (Å²) in [6, 6.07) is 13.9. The Hall–Kier alpha value is -2.82. The van der Waals surface area contributed by atoms with E-state index in [1.165, 1.54) is 0 Å². The first-order chi connectivity index (χ1) is 13.8. The lowest BCUT2D eigenvalue weighted by atomic mass is 9.81. The van der Waals surface area contributed by atoms with Crippen molar-refractivity contribution < 1.29 is 9.59 Å². The standard InChI is InChI=1S/C24H31N3O2/c1-17-10-11-19(3)21(14-17)26-23(29)27-13-7-12-24(4,16-27)22(28)25-15-20-9-6-5-8-18(20)2/h5-6,8-11,14H,7,12-13,15-16H2,1-4H3,(H,25,28)(H,26,29). The first kappa shape index (κ1) is 20.9. The Bertz CT molecular complexity index is 909. The minimum atomic E-state index is -0.583.